The zero-order chi connectivity index (χ0) is 15.2. The number of aromatic nitrogens is 1. The minimum Gasteiger partial charge on any atom is -0.377 e. The molecule has 1 amide bonds. The summed E-state index contributed by atoms with van der Waals surface area (Å²) in [6.07, 6.45) is 3.96. The normalized spacial score (nSPS) is 11.8. The van der Waals surface area contributed by atoms with Crippen LogP contribution in [0.2, 0.25) is 5.02 Å². The third-order valence-corrected chi connectivity index (χ3v) is 3.48. The topological polar surface area (TPSA) is 54.0 Å². The molecule has 2 N–H and O–H groups in total. The maximum Gasteiger partial charge on any atom is 0.224 e. The second kappa shape index (κ2) is 7.09. The predicted octanol–water partition coefficient (Wildman–Crippen LogP) is 4.26. The average Bonchev–Trinajstić information content (AvgIpc) is 2.51. The summed E-state index contributed by atoms with van der Waals surface area (Å²) in [7, 11) is 0. The van der Waals surface area contributed by atoms with Gasteiger partial charge in [-0.3, -0.25) is 9.78 Å². The first kappa shape index (κ1) is 15.3. The van der Waals surface area contributed by atoms with Crippen molar-refractivity contribution in [3.05, 3.63) is 53.3 Å². The summed E-state index contributed by atoms with van der Waals surface area (Å²) < 4.78 is 0. The van der Waals surface area contributed by atoms with E-state index in [4.69, 9.17) is 11.6 Å². The highest BCUT2D eigenvalue weighted by molar-refractivity contribution is 6.33. The highest BCUT2D eigenvalue weighted by atomic mass is 35.5. The zero-order valence-corrected chi connectivity index (χ0v) is 12.8. The van der Waals surface area contributed by atoms with Gasteiger partial charge < -0.3 is 10.6 Å². The van der Waals surface area contributed by atoms with Gasteiger partial charge in [0.15, 0.2) is 0 Å². The number of rotatable bonds is 5. The van der Waals surface area contributed by atoms with E-state index in [9.17, 15) is 4.79 Å². The van der Waals surface area contributed by atoms with Crippen LogP contribution in [-0.4, -0.2) is 10.9 Å². The molecule has 2 rings (SSSR count). The Morgan fingerprint density at radius 3 is 2.67 bits per heavy atom. The molecule has 1 aromatic heterocycles. The van der Waals surface area contributed by atoms with E-state index in [1.165, 1.54) is 0 Å². The van der Waals surface area contributed by atoms with E-state index in [2.05, 4.69) is 15.6 Å². The van der Waals surface area contributed by atoms with Gasteiger partial charge in [0.05, 0.1) is 10.7 Å². The van der Waals surface area contributed by atoms with E-state index < -0.39 is 0 Å². The van der Waals surface area contributed by atoms with Crippen molar-refractivity contribution >= 4 is 28.9 Å². The van der Waals surface area contributed by atoms with Crippen molar-refractivity contribution in [1.82, 2.24) is 4.98 Å². The maximum absolute atomic E-state index is 11.4. The number of amides is 1. The molecular formula is C16H18ClN3O. The van der Waals surface area contributed by atoms with Gasteiger partial charge in [-0.1, -0.05) is 18.5 Å². The minimum absolute atomic E-state index is 0.0227. The average molecular weight is 304 g/mol. The van der Waals surface area contributed by atoms with E-state index in [1.54, 1.807) is 24.5 Å². The summed E-state index contributed by atoms with van der Waals surface area (Å²) >= 11 is 6.21. The highest BCUT2D eigenvalue weighted by Gasteiger charge is 2.09. The summed E-state index contributed by atoms with van der Waals surface area (Å²) in [4.78, 5) is 15.5. The van der Waals surface area contributed by atoms with Crippen LogP contribution in [0.1, 0.15) is 31.9 Å². The number of carbonyl (C=O) groups excluding carboxylic acids is 1. The summed E-state index contributed by atoms with van der Waals surface area (Å²) in [5, 5.41) is 6.79. The largest absolute Gasteiger partial charge is 0.377 e. The van der Waals surface area contributed by atoms with Crippen LogP contribution in [0.5, 0.6) is 0 Å². The van der Waals surface area contributed by atoms with Gasteiger partial charge in [0, 0.05) is 30.5 Å². The van der Waals surface area contributed by atoms with E-state index in [-0.39, 0.29) is 11.9 Å². The molecule has 0 radical (unpaired) electrons. The maximum atomic E-state index is 11.4. The van der Waals surface area contributed by atoms with Crippen LogP contribution in [-0.2, 0) is 4.79 Å². The number of hydrogen-bond acceptors (Lipinski definition) is 3. The lowest BCUT2D eigenvalue weighted by Crippen LogP contribution is -2.11. The summed E-state index contributed by atoms with van der Waals surface area (Å²) in [6.45, 7) is 3.86. The Bertz CT molecular complexity index is 616. The van der Waals surface area contributed by atoms with Crippen molar-refractivity contribution in [2.24, 2.45) is 0 Å². The first-order valence-electron chi connectivity index (χ1n) is 6.86. The Hall–Kier alpha value is -2.07. The van der Waals surface area contributed by atoms with E-state index in [0.717, 1.165) is 16.9 Å². The smallest absolute Gasteiger partial charge is 0.224 e. The number of hydrogen-bond donors (Lipinski definition) is 2. The van der Waals surface area contributed by atoms with Gasteiger partial charge in [-0.15, -0.1) is 0 Å². The lowest BCUT2D eigenvalue weighted by Gasteiger charge is -2.17. The lowest BCUT2D eigenvalue weighted by atomic mass is 10.1. The van der Waals surface area contributed by atoms with Crippen molar-refractivity contribution in [3.63, 3.8) is 0 Å². The monoisotopic (exact) mass is 303 g/mol. The van der Waals surface area contributed by atoms with Crippen LogP contribution < -0.4 is 10.6 Å². The van der Waals surface area contributed by atoms with Gasteiger partial charge in [0.1, 0.15) is 0 Å². The molecule has 110 valence electrons. The molecule has 21 heavy (non-hydrogen) atoms. The molecule has 0 aliphatic carbocycles. The molecule has 0 saturated carbocycles. The standard InChI is InChI=1S/C16H18ClN3O/c1-3-16(21)20-13-4-5-14(17)15(10-13)19-11(2)12-6-8-18-9-7-12/h4-11,19H,3H2,1-2H3,(H,20,21). The van der Waals surface area contributed by atoms with Crippen LogP contribution >= 0.6 is 11.6 Å². The lowest BCUT2D eigenvalue weighted by molar-refractivity contribution is -0.115. The molecule has 0 aliphatic heterocycles. The quantitative estimate of drug-likeness (QED) is 0.868. The van der Waals surface area contributed by atoms with Crippen molar-refractivity contribution in [1.29, 1.82) is 0 Å². The second-order valence-corrected chi connectivity index (χ2v) is 5.15. The van der Waals surface area contributed by atoms with Crippen LogP contribution in [0.15, 0.2) is 42.7 Å². The van der Waals surface area contributed by atoms with Crippen LogP contribution in [0.3, 0.4) is 0 Å². The van der Waals surface area contributed by atoms with Gasteiger partial charge in [-0.2, -0.15) is 0 Å². The molecule has 1 aromatic carbocycles. The van der Waals surface area contributed by atoms with Crippen LogP contribution in [0.4, 0.5) is 11.4 Å². The van der Waals surface area contributed by atoms with E-state index in [0.29, 0.717) is 11.4 Å². The number of carbonyl (C=O) groups is 1. The van der Waals surface area contributed by atoms with Gasteiger partial charge in [0.25, 0.3) is 0 Å². The molecule has 0 bridgehead atoms. The third kappa shape index (κ3) is 4.20. The molecule has 0 saturated heterocycles. The second-order valence-electron chi connectivity index (χ2n) is 4.74. The molecule has 0 spiro atoms. The van der Waals surface area contributed by atoms with Crippen molar-refractivity contribution in [2.45, 2.75) is 26.3 Å². The van der Waals surface area contributed by atoms with Crippen molar-refractivity contribution in [3.8, 4) is 0 Å². The minimum atomic E-state index is -0.0227. The molecule has 0 fully saturated rings. The van der Waals surface area contributed by atoms with Crippen molar-refractivity contribution in [2.75, 3.05) is 10.6 Å². The van der Waals surface area contributed by atoms with Crippen LogP contribution in [0.25, 0.3) is 0 Å². The summed E-state index contributed by atoms with van der Waals surface area (Å²) in [5.74, 6) is -0.0227. The molecule has 1 unspecified atom stereocenters. The molecule has 1 atom stereocenters. The summed E-state index contributed by atoms with van der Waals surface area (Å²) in [5.41, 5.74) is 2.63. The number of nitrogens with zero attached hydrogens (tertiary/aromatic N) is 1. The number of benzene rings is 1. The first-order valence-corrected chi connectivity index (χ1v) is 7.23. The number of nitrogens with one attached hydrogen (secondary N) is 2. The fourth-order valence-electron chi connectivity index (χ4n) is 1.93. The SMILES string of the molecule is CCC(=O)Nc1ccc(Cl)c(NC(C)c2ccncc2)c1. The fraction of sp³-hybridized carbons (Fsp3) is 0.250. The van der Waals surface area contributed by atoms with E-state index in [1.807, 2.05) is 32.0 Å². The number of pyridine rings is 1. The molecule has 1 heterocycles. The Morgan fingerprint density at radius 2 is 2.00 bits per heavy atom. The van der Waals surface area contributed by atoms with E-state index >= 15 is 0 Å². The van der Waals surface area contributed by atoms with Gasteiger partial charge in [0.2, 0.25) is 5.91 Å². The zero-order valence-electron chi connectivity index (χ0n) is 12.1. The van der Waals surface area contributed by atoms with Gasteiger partial charge in [-0.25, -0.2) is 0 Å². The predicted molar refractivity (Wildman–Crippen MR) is 86.6 cm³/mol. The Labute approximate surface area is 129 Å². The highest BCUT2D eigenvalue weighted by Crippen LogP contribution is 2.29. The van der Waals surface area contributed by atoms with Gasteiger partial charge >= 0.3 is 0 Å². The van der Waals surface area contributed by atoms with Crippen LogP contribution in [0, 0.1) is 0 Å². The third-order valence-electron chi connectivity index (χ3n) is 3.15. The fourth-order valence-corrected chi connectivity index (χ4v) is 2.10. The molecular weight excluding hydrogens is 286 g/mol. The first-order chi connectivity index (χ1) is 10.1. The molecule has 0 aliphatic rings. The molecule has 5 heteroatoms. The Balaban J connectivity index is 2.15. The van der Waals surface area contributed by atoms with Crippen molar-refractivity contribution < 1.29 is 4.79 Å². The number of anilines is 2. The Morgan fingerprint density at radius 1 is 1.29 bits per heavy atom. The Kier molecular flexibility index (Phi) is 5.17. The number of halogens is 1. The molecule has 4 nitrogen and oxygen atoms in total. The molecule has 2 aromatic rings. The van der Waals surface area contributed by atoms with Gasteiger partial charge in [-0.05, 0) is 42.8 Å². The summed E-state index contributed by atoms with van der Waals surface area (Å²) in [6, 6.07) is 9.39.